The number of thioether (sulfide) groups is 1. The molecule has 0 amide bonds. The molecule has 0 aliphatic carbocycles. The molecule has 1 fully saturated rings. The van der Waals surface area contributed by atoms with Gasteiger partial charge in [-0.3, -0.25) is 0 Å². The summed E-state index contributed by atoms with van der Waals surface area (Å²) < 4.78 is 5.25. The van der Waals surface area contributed by atoms with Gasteiger partial charge in [-0.1, -0.05) is 0 Å². The maximum absolute atomic E-state index is 5.25. The molecule has 0 spiro atoms. The topological polar surface area (TPSA) is 37.2 Å². The van der Waals surface area contributed by atoms with Crippen LogP contribution in [0.3, 0.4) is 0 Å². The molecule has 1 aromatic rings. The van der Waals surface area contributed by atoms with Crippen molar-refractivity contribution in [3.63, 3.8) is 0 Å². The maximum Gasteiger partial charge on any atom is 0.117 e. The van der Waals surface area contributed by atoms with E-state index in [4.69, 9.17) is 4.42 Å². The maximum atomic E-state index is 5.25. The number of furan rings is 1. The zero-order chi connectivity index (χ0) is 11.1. The summed E-state index contributed by atoms with van der Waals surface area (Å²) in [5.74, 6) is 2.22. The second kappa shape index (κ2) is 6.99. The molecule has 0 bridgehead atoms. The fraction of sp³-hybridized carbons (Fsp3) is 0.667. The average Bonchev–Trinajstić information content (AvgIpc) is 2.83. The van der Waals surface area contributed by atoms with Gasteiger partial charge in [0.25, 0.3) is 0 Å². The van der Waals surface area contributed by atoms with Crippen LogP contribution in [0.1, 0.15) is 18.6 Å². The highest BCUT2D eigenvalue weighted by Crippen LogP contribution is 2.19. The van der Waals surface area contributed by atoms with Gasteiger partial charge in [0.2, 0.25) is 0 Å². The number of hydrogen-bond donors (Lipinski definition) is 2. The Morgan fingerprint density at radius 1 is 1.44 bits per heavy atom. The van der Waals surface area contributed by atoms with E-state index in [1.807, 2.05) is 12.1 Å². The van der Waals surface area contributed by atoms with Crippen LogP contribution in [-0.4, -0.2) is 30.6 Å². The second-order valence-electron chi connectivity index (χ2n) is 4.08. The van der Waals surface area contributed by atoms with Crippen LogP contribution < -0.4 is 10.6 Å². The lowest BCUT2D eigenvalue weighted by Crippen LogP contribution is -2.30. The molecule has 0 unspecified atom stereocenters. The van der Waals surface area contributed by atoms with Crippen LogP contribution in [0.5, 0.6) is 0 Å². The molecule has 2 rings (SSSR count). The lowest BCUT2D eigenvalue weighted by Gasteiger charge is -2.21. The predicted molar refractivity (Wildman–Crippen MR) is 68.8 cm³/mol. The Balaban J connectivity index is 1.48. The van der Waals surface area contributed by atoms with Crippen molar-refractivity contribution in [3.05, 3.63) is 24.2 Å². The first-order valence-corrected chi connectivity index (χ1v) is 7.05. The lowest BCUT2D eigenvalue weighted by molar-refractivity contribution is 0.488. The zero-order valence-corrected chi connectivity index (χ0v) is 10.4. The third-order valence-electron chi connectivity index (χ3n) is 2.80. The summed E-state index contributed by atoms with van der Waals surface area (Å²) in [7, 11) is 0. The molecule has 1 aliphatic heterocycles. The number of piperidine rings is 1. The molecule has 1 aliphatic rings. The molecular formula is C12H20N2OS. The molecular weight excluding hydrogens is 220 g/mol. The third-order valence-corrected chi connectivity index (χ3v) is 4.18. The van der Waals surface area contributed by atoms with Crippen molar-refractivity contribution in [1.29, 1.82) is 0 Å². The van der Waals surface area contributed by atoms with Crippen molar-refractivity contribution in [3.8, 4) is 0 Å². The van der Waals surface area contributed by atoms with Gasteiger partial charge in [0, 0.05) is 17.5 Å². The molecule has 4 heteroatoms. The lowest BCUT2D eigenvalue weighted by atomic mass is 10.2. The fourth-order valence-electron chi connectivity index (χ4n) is 1.88. The molecule has 0 aromatic carbocycles. The zero-order valence-electron chi connectivity index (χ0n) is 9.58. The minimum atomic E-state index is 0.847. The number of hydrogen-bond acceptors (Lipinski definition) is 4. The monoisotopic (exact) mass is 240 g/mol. The molecule has 1 saturated heterocycles. The summed E-state index contributed by atoms with van der Waals surface area (Å²) in [5.41, 5.74) is 0. The SMILES string of the molecule is c1coc(CNCCSC2CCNCC2)c1. The quantitative estimate of drug-likeness (QED) is 0.744. The minimum absolute atomic E-state index is 0.847. The molecule has 0 saturated carbocycles. The van der Waals surface area contributed by atoms with Crippen LogP contribution in [0.2, 0.25) is 0 Å². The van der Waals surface area contributed by atoms with Gasteiger partial charge in [0.15, 0.2) is 0 Å². The van der Waals surface area contributed by atoms with E-state index in [9.17, 15) is 0 Å². The Morgan fingerprint density at radius 2 is 2.31 bits per heavy atom. The summed E-state index contributed by atoms with van der Waals surface area (Å²) in [6, 6.07) is 3.94. The van der Waals surface area contributed by atoms with Gasteiger partial charge in [0.1, 0.15) is 5.76 Å². The molecule has 3 nitrogen and oxygen atoms in total. The van der Waals surface area contributed by atoms with Crippen LogP contribution >= 0.6 is 11.8 Å². The van der Waals surface area contributed by atoms with E-state index in [-0.39, 0.29) is 0 Å². The standard InChI is InChI=1S/C12H20N2OS/c1-2-11(15-8-1)10-14-7-9-16-12-3-5-13-6-4-12/h1-2,8,12-14H,3-7,9-10H2. The number of rotatable bonds is 6. The van der Waals surface area contributed by atoms with Crippen molar-refractivity contribution in [2.24, 2.45) is 0 Å². The summed E-state index contributed by atoms with van der Waals surface area (Å²) in [6.07, 6.45) is 4.37. The van der Waals surface area contributed by atoms with E-state index >= 15 is 0 Å². The Bertz CT molecular complexity index is 271. The Labute approximate surface area is 101 Å². The highest BCUT2D eigenvalue weighted by Gasteiger charge is 2.12. The molecule has 16 heavy (non-hydrogen) atoms. The van der Waals surface area contributed by atoms with Crippen molar-refractivity contribution in [2.45, 2.75) is 24.6 Å². The van der Waals surface area contributed by atoms with E-state index in [0.717, 1.165) is 24.1 Å². The molecule has 90 valence electrons. The average molecular weight is 240 g/mol. The summed E-state index contributed by atoms with van der Waals surface area (Å²) in [6.45, 7) is 4.30. The van der Waals surface area contributed by atoms with Gasteiger partial charge in [-0.25, -0.2) is 0 Å². The van der Waals surface area contributed by atoms with Crippen molar-refractivity contribution < 1.29 is 4.42 Å². The van der Waals surface area contributed by atoms with Gasteiger partial charge < -0.3 is 15.1 Å². The van der Waals surface area contributed by atoms with Crippen molar-refractivity contribution >= 4 is 11.8 Å². The van der Waals surface area contributed by atoms with E-state index in [0.29, 0.717) is 0 Å². The van der Waals surface area contributed by atoms with E-state index in [2.05, 4.69) is 22.4 Å². The Morgan fingerprint density at radius 3 is 3.06 bits per heavy atom. The van der Waals surface area contributed by atoms with E-state index in [1.54, 1.807) is 6.26 Å². The normalized spacial score (nSPS) is 17.8. The largest absolute Gasteiger partial charge is 0.468 e. The minimum Gasteiger partial charge on any atom is -0.468 e. The van der Waals surface area contributed by atoms with Gasteiger partial charge in [-0.05, 0) is 38.1 Å². The first-order valence-electron chi connectivity index (χ1n) is 6.00. The predicted octanol–water partition coefficient (Wildman–Crippen LogP) is 1.85. The third kappa shape index (κ3) is 4.20. The Hall–Kier alpha value is -0.450. The van der Waals surface area contributed by atoms with Crippen LogP contribution in [0.15, 0.2) is 22.8 Å². The van der Waals surface area contributed by atoms with Gasteiger partial charge in [-0.15, -0.1) is 0 Å². The molecule has 1 aromatic heterocycles. The summed E-state index contributed by atoms with van der Waals surface area (Å²) in [5, 5.41) is 7.66. The molecule has 0 atom stereocenters. The number of nitrogens with one attached hydrogen (secondary N) is 2. The fourth-order valence-corrected chi connectivity index (χ4v) is 3.05. The van der Waals surface area contributed by atoms with E-state index in [1.165, 1.54) is 31.7 Å². The van der Waals surface area contributed by atoms with Crippen molar-refractivity contribution in [1.82, 2.24) is 10.6 Å². The molecule has 0 radical (unpaired) electrons. The highest BCUT2D eigenvalue weighted by molar-refractivity contribution is 7.99. The van der Waals surface area contributed by atoms with Crippen LogP contribution in [0, 0.1) is 0 Å². The summed E-state index contributed by atoms with van der Waals surface area (Å²) in [4.78, 5) is 0. The van der Waals surface area contributed by atoms with Gasteiger partial charge >= 0.3 is 0 Å². The van der Waals surface area contributed by atoms with Crippen molar-refractivity contribution in [2.75, 3.05) is 25.4 Å². The second-order valence-corrected chi connectivity index (χ2v) is 5.48. The first kappa shape index (κ1) is 12.0. The van der Waals surface area contributed by atoms with Gasteiger partial charge in [-0.2, -0.15) is 11.8 Å². The van der Waals surface area contributed by atoms with Gasteiger partial charge in [0.05, 0.1) is 12.8 Å². The summed E-state index contributed by atoms with van der Waals surface area (Å²) >= 11 is 2.10. The van der Waals surface area contributed by atoms with Crippen LogP contribution in [0.25, 0.3) is 0 Å². The molecule has 2 N–H and O–H groups in total. The Kier molecular flexibility index (Phi) is 5.25. The first-order chi connectivity index (χ1) is 7.95. The molecule has 2 heterocycles. The van der Waals surface area contributed by atoms with Crippen LogP contribution in [-0.2, 0) is 6.54 Å². The highest BCUT2D eigenvalue weighted by atomic mass is 32.2. The van der Waals surface area contributed by atoms with Crippen LogP contribution in [0.4, 0.5) is 0 Å². The van der Waals surface area contributed by atoms with E-state index < -0.39 is 0 Å². The smallest absolute Gasteiger partial charge is 0.117 e.